The van der Waals surface area contributed by atoms with Gasteiger partial charge in [0.2, 0.25) is 5.91 Å². The summed E-state index contributed by atoms with van der Waals surface area (Å²) in [4.78, 5) is 40.9. The van der Waals surface area contributed by atoms with Gasteiger partial charge in [0, 0.05) is 20.1 Å². The molecule has 1 aromatic carbocycles. The minimum atomic E-state index is -0.362. The molecule has 2 heterocycles. The van der Waals surface area contributed by atoms with Crippen LogP contribution in [0.3, 0.4) is 0 Å². The molecule has 0 saturated carbocycles. The van der Waals surface area contributed by atoms with Crippen molar-refractivity contribution in [2.75, 3.05) is 33.3 Å². The summed E-state index contributed by atoms with van der Waals surface area (Å²) in [7, 11) is 1.57. The lowest BCUT2D eigenvalue weighted by molar-refractivity contribution is -0.151. The number of piperidine rings is 1. The van der Waals surface area contributed by atoms with E-state index >= 15 is 0 Å². The van der Waals surface area contributed by atoms with Crippen molar-refractivity contribution in [2.45, 2.75) is 33.2 Å². The largest absolute Gasteiger partial charge is 0.466 e. The Morgan fingerprint density at radius 3 is 2.66 bits per heavy atom. The molecule has 172 valence electrons. The van der Waals surface area contributed by atoms with Gasteiger partial charge in [-0.1, -0.05) is 41.9 Å². The van der Waals surface area contributed by atoms with Gasteiger partial charge in [0.05, 0.1) is 36.9 Å². The SMILES string of the molecule is CCOC(=O)C1CCCN(C(=O)CN(C)C(=O)c2c(C)nn(Cc3ccccc3)c2Cl)C1. The smallest absolute Gasteiger partial charge is 0.310 e. The number of nitrogens with zero attached hydrogens (tertiary/aromatic N) is 4. The molecule has 2 aromatic rings. The predicted molar refractivity (Wildman–Crippen MR) is 120 cm³/mol. The van der Waals surface area contributed by atoms with E-state index in [0.717, 1.165) is 12.0 Å². The number of ether oxygens (including phenoxy) is 1. The lowest BCUT2D eigenvalue weighted by Gasteiger charge is -2.32. The minimum absolute atomic E-state index is 0.103. The molecule has 1 unspecified atom stereocenters. The Labute approximate surface area is 193 Å². The quantitative estimate of drug-likeness (QED) is 0.593. The van der Waals surface area contributed by atoms with Gasteiger partial charge in [0.1, 0.15) is 5.15 Å². The fraction of sp³-hybridized carbons (Fsp3) is 0.478. The molecule has 1 aliphatic rings. The number of rotatable bonds is 7. The Hall–Kier alpha value is -2.87. The number of benzene rings is 1. The number of esters is 1. The highest BCUT2D eigenvalue weighted by Crippen LogP contribution is 2.23. The molecule has 1 saturated heterocycles. The van der Waals surface area contributed by atoms with Crippen molar-refractivity contribution in [1.82, 2.24) is 19.6 Å². The molecule has 1 fully saturated rings. The monoisotopic (exact) mass is 460 g/mol. The number of halogens is 1. The van der Waals surface area contributed by atoms with Crippen LogP contribution in [0.4, 0.5) is 0 Å². The Morgan fingerprint density at radius 1 is 1.25 bits per heavy atom. The van der Waals surface area contributed by atoms with Crippen LogP contribution in [0, 0.1) is 12.8 Å². The average Bonchev–Trinajstić information content (AvgIpc) is 3.06. The molecule has 9 heteroatoms. The van der Waals surface area contributed by atoms with E-state index in [1.54, 1.807) is 30.5 Å². The highest BCUT2D eigenvalue weighted by molar-refractivity contribution is 6.33. The van der Waals surface area contributed by atoms with E-state index in [9.17, 15) is 14.4 Å². The van der Waals surface area contributed by atoms with Crippen LogP contribution in [-0.2, 0) is 20.9 Å². The number of likely N-dealkylation sites (tertiary alicyclic amines) is 1. The number of hydrogen-bond donors (Lipinski definition) is 0. The van der Waals surface area contributed by atoms with Gasteiger partial charge in [0.15, 0.2) is 0 Å². The number of amides is 2. The van der Waals surface area contributed by atoms with E-state index in [1.165, 1.54) is 4.90 Å². The van der Waals surface area contributed by atoms with E-state index in [0.29, 0.717) is 43.9 Å². The first kappa shape index (κ1) is 23.8. The zero-order valence-electron chi connectivity index (χ0n) is 18.7. The third-order valence-corrected chi connectivity index (χ3v) is 5.95. The fourth-order valence-electron chi connectivity index (χ4n) is 3.88. The van der Waals surface area contributed by atoms with Crippen molar-refractivity contribution in [3.8, 4) is 0 Å². The standard InChI is InChI=1S/C23H29ClN4O4/c1-4-32-23(31)18-11-8-12-27(14-18)19(29)15-26(3)22(30)20-16(2)25-28(21(20)24)13-17-9-6-5-7-10-17/h5-7,9-10,18H,4,8,11-15H2,1-3H3. The van der Waals surface area contributed by atoms with Crippen LogP contribution in [0.15, 0.2) is 30.3 Å². The third-order valence-electron chi connectivity index (χ3n) is 5.57. The highest BCUT2D eigenvalue weighted by Gasteiger charge is 2.31. The number of aromatic nitrogens is 2. The Morgan fingerprint density at radius 2 is 1.97 bits per heavy atom. The average molecular weight is 461 g/mol. The highest BCUT2D eigenvalue weighted by atomic mass is 35.5. The number of likely N-dealkylation sites (N-methyl/N-ethyl adjacent to an activating group) is 1. The van der Waals surface area contributed by atoms with Crippen LogP contribution >= 0.6 is 11.6 Å². The van der Waals surface area contributed by atoms with Crippen molar-refractivity contribution in [2.24, 2.45) is 5.92 Å². The van der Waals surface area contributed by atoms with Crippen molar-refractivity contribution in [1.29, 1.82) is 0 Å². The van der Waals surface area contributed by atoms with E-state index in [2.05, 4.69) is 5.10 Å². The lowest BCUT2D eigenvalue weighted by Crippen LogP contribution is -2.47. The van der Waals surface area contributed by atoms with Crippen molar-refractivity contribution < 1.29 is 19.1 Å². The van der Waals surface area contributed by atoms with Gasteiger partial charge in [-0.05, 0) is 32.3 Å². The van der Waals surface area contributed by atoms with Gasteiger partial charge in [-0.2, -0.15) is 5.10 Å². The first-order chi connectivity index (χ1) is 15.3. The van der Waals surface area contributed by atoms with Gasteiger partial charge in [0.25, 0.3) is 5.91 Å². The molecule has 0 aliphatic carbocycles. The van der Waals surface area contributed by atoms with Crippen LogP contribution in [0.2, 0.25) is 5.15 Å². The van der Waals surface area contributed by atoms with Crippen LogP contribution in [0.25, 0.3) is 0 Å². The molecule has 0 radical (unpaired) electrons. The molecule has 8 nitrogen and oxygen atoms in total. The van der Waals surface area contributed by atoms with Gasteiger partial charge in [-0.3, -0.25) is 14.4 Å². The summed E-state index contributed by atoms with van der Waals surface area (Å²) in [5, 5.41) is 4.66. The van der Waals surface area contributed by atoms with Crippen molar-refractivity contribution in [3.63, 3.8) is 0 Å². The van der Waals surface area contributed by atoms with E-state index < -0.39 is 0 Å². The van der Waals surface area contributed by atoms with E-state index in [1.807, 2.05) is 30.3 Å². The van der Waals surface area contributed by atoms with Crippen molar-refractivity contribution >= 4 is 29.4 Å². The van der Waals surface area contributed by atoms with Crippen molar-refractivity contribution in [3.05, 3.63) is 52.3 Å². The fourth-order valence-corrected chi connectivity index (χ4v) is 4.19. The number of carbonyl (C=O) groups is 3. The van der Waals surface area contributed by atoms with Crippen LogP contribution in [0.5, 0.6) is 0 Å². The maximum absolute atomic E-state index is 13.1. The molecule has 3 rings (SSSR count). The minimum Gasteiger partial charge on any atom is -0.466 e. The van der Waals surface area contributed by atoms with Crippen LogP contribution in [0.1, 0.15) is 41.4 Å². The molecule has 1 atom stereocenters. The Balaban J connectivity index is 1.65. The summed E-state index contributed by atoms with van der Waals surface area (Å²) in [6.45, 7) is 5.02. The van der Waals surface area contributed by atoms with Gasteiger partial charge in [-0.15, -0.1) is 0 Å². The Kier molecular flexibility index (Phi) is 7.90. The normalized spacial score (nSPS) is 16.0. The summed E-state index contributed by atoms with van der Waals surface area (Å²) in [6, 6.07) is 9.71. The lowest BCUT2D eigenvalue weighted by atomic mass is 9.98. The summed E-state index contributed by atoms with van der Waals surface area (Å²) in [5.74, 6) is -1.16. The molecule has 0 N–H and O–H groups in total. The molecule has 1 aromatic heterocycles. The van der Waals surface area contributed by atoms with Gasteiger partial charge in [-0.25, -0.2) is 4.68 Å². The third kappa shape index (κ3) is 5.48. The number of hydrogen-bond acceptors (Lipinski definition) is 5. The summed E-state index contributed by atoms with van der Waals surface area (Å²) in [6.07, 6.45) is 1.43. The summed E-state index contributed by atoms with van der Waals surface area (Å²) >= 11 is 6.49. The topological polar surface area (TPSA) is 84.7 Å². The first-order valence-corrected chi connectivity index (χ1v) is 11.2. The maximum atomic E-state index is 13.1. The molecular formula is C23H29ClN4O4. The molecular weight excluding hydrogens is 432 g/mol. The predicted octanol–water partition coefficient (Wildman–Crippen LogP) is 2.77. The molecule has 0 spiro atoms. The summed E-state index contributed by atoms with van der Waals surface area (Å²) in [5.41, 5.74) is 1.82. The second-order valence-electron chi connectivity index (χ2n) is 7.99. The molecule has 32 heavy (non-hydrogen) atoms. The number of carbonyl (C=O) groups excluding carboxylic acids is 3. The van der Waals surface area contributed by atoms with Crippen LogP contribution < -0.4 is 0 Å². The Bertz CT molecular complexity index is 976. The number of aryl methyl sites for hydroxylation is 1. The first-order valence-electron chi connectivity index (χ1n) is 10.8. The second kappa shape index (κ2) is 10.6. The zero-order chi connectivity index (χ0) is 23.3. The second-order valence-corrected chi connectivity index (χ2v) is 8.34. The van der Waals surface area contributed by atoms with Gasteiger partial charge < -0.3 is 14.5 Å². The maximum Gasteiger partial charge on any atom is 0.310 e. The van der Waals surface area contributed by atoms with Crippen LogP contribution in [-0.4, -0.2) is 70.7 Å². The zero-order valence-corrected chi connectivity index (χ0v) is 19.5. The van der Waals surface area contributed by atoms with E-state index in [-0.39, 0.29) is 35.4 Å². The van der Waals surface area contributed by atoms with Gasteiger partial charge >= 0.3 is 5.97 Å². The molecule has 1 aliphatic heterocycles. The van der Waals surface area contributed by atoms with E-state index in [4.69, 9.17) is 16.3 Å². The molecule has 0 bridgehead atoms. The molecule has 2 amide bonds. The summed E-state index contributed by atoms with van der Waals surface area (Å²) < 4.78 is 6.68.